The minimum Gasteiger partial charge on any atom is -0.508 e. The number of terminal acetylenes is 1. The zero-order valence-electron chi connectivity index (χ0n) is 11.3. The molecule has 0 aliphatic heterocycles. The van der Waals surface area contributed by atoms with Gasteiger partial charge in [0.25, 0.3) is 0 Å². The summed E-state index contributed by atoms with van der Waals surface area (Å²) in [7, 11) is 1.00. The number of carbonyl (C=O) groups is 1. The third-order valence-corrected chi connectivity index (χ3v) is 2.37. The Morgan fingerprint density at radius 2 is 1.89 bits per heavy atom. The maximum absolute atomic E-state index is 10.7. The number of phenols is 1. The molecule has 0 saturated heterocycles. The Hall–Kier alpha value is -2.03. The third kappa shape index (κ3) is 7.82. The van der Waals surface area contributed by atoms with Crippen molar-refractivity contribution in [1.29, 1.82) is 0 Å². The van der Waals surface area contributed by atoms with E-state index in [1.54, 1.807) is 6.07 Å². The molecule has 5 nitrogen and oxygen atoms in total. The maximum atomic E-state index is 10.7. The Bertz CT molecular complexity index is 403. The number of amides is 1. The number of aryl methyl sites for hydroxylation is 2. The summed E-state index contributed by atoms with van der Waals surface area (Å²) in [5.74, 6) is -0.205. The molecule has 0 aliphatic rings. The van der Waals surface area contributed by atoms with E-state index in [1.165, 1.54) is 0 Å². The fraction of sp³-hybridized carbons (Fsp3) is 0.357. The molecule has 0 aliphatic carbocycles. The molecule has 0 bridgehead atoms. The van der Waals surface area contributed by atoms with E-state index in [2.05, 4.69) is 12.8 Å². The molecule has 19 heavy (non-hydrogen) atoms. The normalized spacial score (nSPS) is 10.2. The molecule has 1 amide bonds. The van der Waals surface area contributed by atoms with Gasteiger partial charge in [0, 0.05) is 7.11 Å². The Balaban J connectivity index is 0. The summed E-state index contributed by atoms with van der Waals surface area (Å²) < 4.78 is 0. The first-order valence-electron chi connectivity index (χ1n) is 5.62. The van der Waals surface area contributed by atoms with Crippen LogP contribution in [-0.4, -0.2) is 29.3 Å². The standard InChI is InChI=1S/C11H16N2O2.C2H2.CH4O/c1-7-6-8(3-5-10(7)14)2-4-9(12)11(13)15;2*1-2/h3,5-6,9,14H,2,4,12H2,1H3,(H2,13,15);1-2H;2H,1H3/t9-;;/m0../s1. The fourth-order valence-electron chi connectivity index (χ4n) is 1.34. The molecule has 0 heterocycles. The van der Waals surface area contributed by atoms with Crippen molar-refractivity contribution >= 4 is 5.91 Å². The van der Waals surface area contributed by atoms with E-state index in [-0.39, 0.29) is 5.75 Å². The van der Waals surface area contributed by atoms with E-state index in [0.29, 0.717) is 12.8 Å². The molecule has 6 N–H and O–H groups in total. The lowest BCUT2D eigenvalue weighted by Gasteiger charge is -2.08. The predicted octanol–water partition coefficient (Wildman–Crippen LogP) is 0.304. The maximum Gasteiger partial charge on any atom is 0.234 e. The van der Waals surface area contributed by atoms with E-state index < -0.39 is 11.9 Å². The van der Waals surface area contributed by atoms with Gasteiger partial charge in [-0.3, -0.25) is 4.79 Å². The number of carbonyl (C=O) groups excluding carboxylic acids is 1. The number of primary amides is 1. The van der Waals surface area contributed by atoms with Crippen LogP contribution >= 0.6 is 0 Å². The molecule has 1 atom stereocenters. The molecule has 0 saturated carbocycles. The SMILES string of the molecule is C#C.CO.Cc1cc(CC[C@H](N)C(N)=O)ccc1O. The van der Waals surface area contributed by atoms with Crippen molar-refractivity contribution in [2.24, 2.45) is 11.5 Å². The minimum atomic E-state index is -0.598. The smallest absolute Gasteiger partial charge is 0.234 e. The van der Waals surface area contributed by atoms with E-state index in [9.17, 15) is 9.90 Å². The number of nitrogens with two attached hydrogens (primary N) is 2. The van der Waals surface area contributed by atoms with Crippen LogP contribution in [0.4, 0.5) is 0 Å². The second kappa shape index (κ2) is 11.1. The zero-order chi connectivity index (χ0) is 15.4. The van der Waals surface area contributed by atoms with E-state index in [1.807, 2.05) is 19.1 Å². The molecule has 0 fully saturated rings. The quantitative estimate of drug-likeness (QED) is 0.588. The van der Waals surface area contributed by atoms with Crippen LogP contribution in [0.25, 0.3) is 0 Å². The molecule has 0 spiro atoms. The first kappa shape index (κ1) is 19.3. The van der Waals surface area contributed by atoms with Gasteiger partial charge in [0.05, 0.1) is 6.04 Å². The van der Waals surface area contributed by atoms with Gasteiger partial charge >= 0.3 is 0 Å². The van der Waals surface area contributed by atoms with Crippen molar-refractivity contribution in [3.8, 4) is 18.6 Å². The number of benzene rings is 1. The molecule has 5 heteroatoms. The van der Waals surface area contributed by atoms with Crippen molar-refractivity contribution in [2.45, 2.75) is 25.8 Å². The largest absolute Gasteiger partial charge is 0.508 e. The molecule has 1 aromatic carbocycles. The molecular weight excluding hydrogens is 244 g/mol. The molecular formula is C14H22N2O3. The summed E-state index contributed by atoms with van der Waals surface area (Å²) in [6.07, 6.45) is 9.21. The van der Waals surface area contributed by atoms with E-state index in [4.69, 9.17) is 16.6 Å². The molecule has 0 aromatic heterocycles. The number of rotatable bonds is 4. The van der Waals surface area contributed by atoms with Gasteiger partial charge in [-0.05, 0) is 37.0 Å². The molecule has 0 unspecified atom stereocenters. The average molecular weight is 266 g/mol. The average Bonchev–Trinajstić information content (AvgIpc) is 2.44. The zero-order valence-corrected chi connectivity index (χ0v) is 11.3. The number of aliphatic hydroxyl groups excluding tert-OH is 1. The summed E-state index contributed by atoms with van der Waals surface area (Å²) in [5, 5.41) is 16.3. The lowest BCUT2D eigenvalue weighted by atomic mass is 10.0. The summed E-state index contributed by atoms with van der Waals surface area (Å²) in [6.45, 7) is 1.83. The Kier molecular flexibility index (Phi) is 11.3. The van der Waals surface area contributed by atoms with Crippen molar-refractivity contribution < 1.29 is 15.0 Å². The number of phenolic OH excluding ortho intramolecular Hbond substituents is 1. The van der Waals surface area contributed by atoms with E-state index in [0.717, 1.165) is 18.2 Å². The van der Waals surface area contributed by atoms with Crippen LogP contribution in [-0.2, 0) is 11.2 Å². The minimum absolute atomic E-state index is 0.276. The molecule has 1 aromatic rings. The molecule has 106 valence electrons. The first-order chi connectivity index (χ1) is 9.00. The first-order valence-corrected chi connectivity index (χ1v) is 5.62. The highest BCUT2D eigenvalue weighted by Crippen LogP contribution is 2.17. The number of aliphatic hydroxyl groups is 1. The third-order valence-electron chi connectivity index (χ3n) is 2.37. The fourth-order valence-corrected chi connectivity index (χ4v) is 1.34. The second-order valence-electron chi connectivity index (χ2n) is 3.67. The highest BCUT2D eigenvalue weighted by Gasteiger charge is 2.09. The van der Waals surface area contributed by atoms with Crippen molar-refractivity contribution in [3.05, 3.63) is 29.3 Å². The van der Waals surface area contributed by atoms with Crippen molar-refractivity contribution in [2.75, 3.05) is 7.11 Å². The summed E-state index contributed by atoms with van der Waals surface area (Å²) in [5.41, 5.74) is 12.4. The molecule has 1 rings (SSSR count). The van der Waals surface area contributed by atoms with Crippen LogP contribution in [0.15, 0.2) is 18.2 Å². The van der Waals surface area contributed by atoms with Crippen LogP contribution in [0.3, 0.4) is 0 Å². The number of aromatic hydroxyl groups is 1. The summed E-state index contributed by atoms with van der Waals surface area (Å²) >= 11 is 0. The summed E-state index contributed by atoms with van der Waals surface area (Å²) in [6, 6.07) is 4.73. The van der Waals surface area contributed by atoms with Gasteiger partial charge in [-0.25, -0.2) is 0 Å². The highest BCUT2D eigenvalue weighted by atomic mass is 16.3. The lowest BCUT2D eigenvalue weighted by molar-refractivity contribution is -0.119. The van der Waals surface area contributed by atoms with Crippen LogP contribution in [0.1, 0.15) is 17.5 Å². The van der Waals surface area contributed by atoms with Crippen molar-refractivity contribution in [1.82, 2.24) is 0 Å². The van der Waals surface area contributed by atoms with Gasteiger partial charge < -0.3 is 21.7 Å². The lowest BCUT2D eigenvalue weighted by Crippen LogP contribution is -2.36. The Morgan fingerprint density at radius 1 is 1.37 bits per heavy atom. The monoisotopic (exact) mass is 266 g/mol. The number of hydrogen-bond donors (Lipinski definition) is 4. The highest BCUT2D eigenvalue weighted by molar-refractivity contribution is 5.79. The predicted molar refractivity (Wildman–Crippen MR) is 76.4 cm³/mol. The van der Waals surface area contributed by atoms with Crippen LogP contribution in [0.2, 0.25) is 0 Å². The van der Waals surface area contributed by atoms with Gasteiger partial charge in [0.2, 0.25) is 5.91 Å². The van der Waals surface area contributed by atoms with E-state index >= 15 is 0 Å². The van der Waals surface area contributed by atoms with Crippen LogP contribution in [0, 0.1) is 19.8 Å². The van der Waals surface area contributed by atoms with Gasteiger partial charge in [0.1, 0.15) is 5.75 Å². The summed E-state index contributed by atoms with van der Waals surface area (Å²) in [4.78, 5) is 10.7. The number of hydrogen-bond acceptors (Lipinski definition) is 4. The van der Waals surface area contributed by atoms with Gasteiger partial charge in [-0.15, -0.1) is 12.8 Å². The van der Waals surface area contributed by atoms with Crippen LogP contribution in [0.5, 0.6) is 5.75 Å². The Labute approximate surface area is 114 Å². The van der Waals surface area contributed by atoms with Crippen LogP contribution < -0.4 is 11.5 Å². The Morgan fingerprint density at radius 3 is 2.32 bits per heavy atom. The topological polar surface area (TPSA) is 110 Å². The van der Waals surface area contributed by atoms with Crippen molar-refractivity contribution in [3.63, 3.8) is 0 Å². The van der Waals surface area contributed by atoms with Gasteiger partial charge in [0.15, 0.2) is 0 Å². The van der Waals surface area contributed by atoms with Gasteiger partial charge in [-0.1, -0.05) is 12.1 Å². The second-order valence-corrected chi connectivity index (χ2v) is 3.67. The molecule has 0 radical (unpaired) electrons. The van der Waals surface area contributed by atoms with Gasteiger partial charge in [-0.2, -0.15) is 0 Å².